The fourth-order valence-corrected chi connectivity index (χ4v) is 3.65. The third kappa shape index (κ3) is 7.21. The van der Waals surface area contributed by atoms with Crippen LogP contribution >= 0.6 is 35.3 Å². The van der Waals surface area contributed by atoms with Gasteiger partial charge in [0, 0.05) is 30.8 Å². The van der Waals surface area contributed by atoms with Crippen molar-refractivity contribution in [3.05, 3.63) is 40.1 Å². The van der Waals surface area contributed by atoms with Crippen molar-refractivity contribution in [2.45, 2.75) is 25.9 Å². The number of rotatable bonds is 10. The number of thiophene rings is 1. The SMILES string of the molecule is CCNC(=NCC(C)(O)c1ccsc1)NCCc1c(OC)cc(OC)cc1OC.I. The molecule has 0 aliphatic heterocycles. The van der Waals surface area contributed by atoms with E-state index in [0.717, 1.165) is 17.7 Å². The molecular formula is C21H32IN3O4S. The summed E-state index contributed by atoms with van der Waals surface area (Å²) in [6, 6.07) is 5.60. The van der Waals surface area contributed by atoms with E-state index in [1.165, 1.54) is 0 Å². The Morgan fingerprint density at radius 2 is 1.80 bits per heavy atom. The smallest absolute Gasteiger partial charge is 0.191 e. The largest absolute Gasteiger partial charge is 0.496 e. The van der Waals surface area contributed by atoms with Gasteiger partial charge in [0.25, 0.3) is 0 Å². The Balaban J connectivity index is 0.00000450. The molecule has 0 saturated carbocycles. The van der Waals surface area contributed by atoms with Crippen LogP contribution in [0.15, 0.2) is 34.0 Å². The minimum atomic E-state index is -1.01. The second-order valence-electron chi connectivity index (χ2n) is 6.67. The first-order valence-electron chi connectivity index (χ1n) is 9.51. The van der Waals surface area contributed by atoms with Gasteiger partial charge < -0.3 is 30.0 Å². The fraction of sp³-hybridized carbons (Fsp3) is 0.476. The molecule has 9 heteroatoms. The average Bonchev–Trinajstić information content (AvgIpc) is 3.27. The van der Waals surface area contributed by atoms with Crippen LogP contribution in [0, 0.1) is 0 Å². The number of ether oxygens (including phenoxy) is 3. The predicted octanol–water partition coefficient (Wildman–Crippen LogP) is 3.40. The molecule has 0 radical (unpaired) electrons. The summed E-state index contributed by atoms with van der Waals surface area (Å²) in [6.45, 7) is 5.38. The Kier molecular flexibility index (Phi) is 11.3. The van der Waals surface area contributed by atoms with Crippen molar-refractivity contribution < 1.29 is 19.3 Å². The Morgan fingerprint density at radius 3 is 2.30 bits per heavy atom. The van der Waals surface area contributed by atoms with E-state index >= 15 is 0 Å². The number of aliphatic hydroxyl groups is 1. The van der Waals surface area contributed by atoms with Crippen LogP contribution in [0.3, 0.4) is 0 Å². The lowest BCUT2D eigenvalue weighted by molar-refractivity contribution is 0.0677. The first-order valence-corrected chi connectivity index (χ1v) is 10.5. The zero-order valence-corrected chi connectivity index (χ0v) is 21.3. The van der Waals surface area contributed by atoms with Crippen LogP contribution in [0.25, 0.3) is 0 Å². The summed E-state index contributed by atoms with van der Waals surface area (Å²) >= 11 is 1.56. The lowest BCUT2D eigenvalue weighted by atomic mass is 10.00. The highest BCUT2D eigenvalue weighted by molar-refractivity contribution is 14.0. The lowest BCUT2D eigenvalue weighted by Gasteiger charge is -2.21. The molecule has 1 heterocycles. The molecule has 2 rings (SSSR count). The highest BCUT2D eigenvalue weighted by Gasteiger charge is 2.23. The molecule has 0 fully saturated rings. The van der Waals surface area contributed by atoms with Crippen LogP contribution in [0.5, 0.6) is 17.2 Å². The standard InChI is InChI=1S/C21H31N3O4S.HI/c1-6-22-20(24-14-21(2,25)15-8-10-29-13-15)23-9-7-17-18(27-4)11-16(26-3)12-19(17)28-5;/h8,10-13,25H,6-7,9,14H2,1-5H3,(H2,22,23,24);1H. The molecule has 7 nitrogen and oxygen atoms in total. The van der Waals surface area contributed by atoms with Crippen LogP contribution < -0.4 is 24.8 Å². The summed E-state index contributed by atoms with van der Waals surface area (Å²) in [5.74, 6) is 2.76. The first-order chi connectivity index (χ1) is 13.9. The second kappa shape index (κ2) is 12.9. The Bertz CT molecular complexity index is 773. The van der Waals surface area contributed by atoms with Crippen molar-refractivity contribution in [3.63, 3.8) is 0 Å². The van der Waals surface area contributed by atoms with Gasteiger partial charge in [-0.25, -0.2) is 4.99 Å². The van der Waals surface area contributed by atoms with Crippen molar-refractivity contribution in [3.8, 4) is 17.2 Å². The summed E-state index contributed by atoms with van der Waals surface area (Å²) in [5, 5.41) is 21.1. The highest BCUT2D eigenvalue weighted by atomic mass is 127. The summed E-state index contributed by atoms with van der Waals surface area (Å²) < 4.78 is 16.3. The molecule has 1 aromatic heterocycles. The van der Waals surface area contributed by atoms with E-state index in [1.54, 1.807) is 39.6 Å². The van der Waals surface area contributed by atoms with E-state index in [2.05, 4.69) is 15.6 Å². The number of hydrogen-bond donors (Lipinski definition) is 3. The third-order valence-corrected chi connectivity index (χ3v) is 5.20. The lowest BCUT2D eigenvalue weighted by Crippen LogP contribution is -2.39. The number of hydrogen-bond acceptors (Lipinski definition) is 6. The molecule has 0 saturated heterocycles. The number of benzene rings is 1. The quantitative estimate of drug-likeness (QED) is 0.240. The summed E-state index contributed by atoms with van der Waals surface area (Å²) in [6.07, 6.45) is 0.668. The molecule has 30 heavy (non-hydrogen) atoms. The van der Waals surface area contributed by atoms with Crippen molar-refractivity contribution in [2.24, 2.45) is 4.99 Å². The maximum absolute atomic E-state index is 10.7. The molecule has 1 unspecified atom stereocenters. The Morgan fingerprint density at radius 1 is 1.13 bits per heavy atom. The van der Waals surface area contributed by atoms with Crippen LogP contribution in [-0.4, -0.2) is 52.0 Å². The maximum Gasteiger partial charge on any atom is 0.191 e. The molecule has 1 aromatic carbocycles. The minimum absolute atomic E-state index is 0. The van der Waals surface area contributed by atoms with Crippen LogP contribution in [0.1, 0.15) is 25.0 Å². The van der Waals surface area contributed by atoms with Gasteiger partial charge >= 0.3 is 0 Å². The van der Waals surface area contributed by atoms with Gasteiger partial charge in [-0.05, 0) is 42.7 Å². The average molecular weight is 549 g/mol. The molecule has 2 aromatic rings. The van der Waals surface area contributed by atoms with Gasteiger partial charge in [-0.3, -0.25) is 0 Å². The number of guanidine groups is 1. The van der Waals surface area contributed by atoms with E-state index in [0.29, 0.717) is 36.2 Å². The van der Waals surface area contributed by atoms with Gasteiger partial charge in [-0.1, -0.05) is 0 Å². The predicted molar refractivity (Wildman–Crippen MR) is 133 cm³/mol. The summed E-state index contributed by atoms with van der Waals surface area (Å²) in [5.41, 5.74) is 0.810. The number of methoxy groups -OCH3 is 3. The molecule has 1 atom stereocenters. The maximum atomic E-state index is 10.7. The Hall–Kier alpha value is -1.72. The van der Waals surface area contributed by atoms with Crippen LogP contribution in [0.2, 0.25) is 0 Å². The molecule has 0 aliphatic rings. The fourth-order valence-electron chi connectivity index (χ4n) is 2.87. The minimum Gasteiger partial charge on any atom is -0.496 e. The highest BCUT2D eigenvalue weighted by Crippen LogP contribution is 2.34. The van der Waals surface area contributed by atoms with Crippen molar-refractivity contribution in [1.29, 1.82) is 0 Å². The van der Waals surface area contributed by atoms with E-state index in [4.69, 9.17) is 14.2 Å². The van der Waals surface area contributed by atoms with Crippen molar-refractivity contribution in [1.82, 2.24) is 10.6 Å². The summed E-state index contributed by atoms with van der Waals surface area (Å²) in [4.78, 5) is 4.55. The molecule has 0 bridgehead atoms. The second-order valence-corrected chi connectivity index (χ2v) is 7.45. The molecular weight excluding hydrogens is 517 g/mol. The van der Waals surface area contributed by atoms with E-state index in [1.807, 2.05) is 35.9 Å². The van der Waals surface area contributed by atoms with Crippen LogP contribution in [0.4, 0.5) is 0 Å². The van der Waals surface area contributed by atoms with Gasteiger partial charge in [0.05, 0.1) is 27.9 Å². The van der Waals surface area contributed by atoms with E-state index < -0.39 is 5.60 Å². The van der Waals surface area contributed by atoms with Gasteiger partial charge in [-0.2, -0.15) is 11.3 Å². The molecule has 3 N–H and O–H groups in total. The molecule has 0 aliphatic carbocycles. The number of halogens is 1. The number of aliphatic imine (C=N–C) groups is 1. The first kappa shape index (κ1) is 26.3. The van der Waals surface area contributed by atoms with Crippen molar-refractivity contribution >= 4 is 41.3 Å². The topological polar surface area (TPSA) is 84.3 Å². The monoisotopic (exact) mass is 549 g/mol. The molecule has 0 spiro atoms. The Labute approximate surface area is 199 Å². The summed E-state index contributed by atoms with van der Waals surface area (Å²) in [7, 11) is 4.87. The zero-order valence-electron chi connectivity index (χ0n) is 18.2. The van der Waals surface area contributed by atoms with Crippen LogP contribution in [-0.2, 0) is 12.0 Å². The van der Waals surface area contributed by atoms with E-state index in [-0.39, 0.29) is 30.5 Å². The molecule has 168 valence electrons. The third-order valence-electron chi connectivity index (χ3n) is 4.52. The number of nitrogens with one attached hydrogen (secondary N) is 2. The van der Waals surface area contributed by atoms with E-state index in [9.17, 15) is 5.11 Å². The molecule has 0 amide bonds. The zero-order chi connectivity index (χ0) is 21.3. The number of nitrogens with zero attached hydrogens (tertiary/aromatic N) is 1. The van der Waals surface area contributed by atoms with Gasteiger partial charge in [0.15, 0.2) is 5.96 Å². The normalized spacial score (nSPS) is 13.1. The van der Waals surface area contributed by atoms with Gasteiger partial charge in [0.2, 0.25) is 0 Å². The van der Waals surface area contributed by atoms with Crippen molar-refractivity contribution in [2.75, 3.05) is 41.0 Å². The van der Waals surface area contributed by atoms with Gasteiger partial charge in [-0.15, -0.1) is 24.0 Å². The van der Waals surface area contributed by atoms with Gasteiger partial charge in [0.1, 0.15) is 22.8 Å².